The van der Waals surface area contributed by atoms with Crippen molar-refractivity contribution in [1.29, 1.82) is 0 Å². The Balaban J connectivity index is 2.16. The number of anilines is 3. The minimum atomic E-state index is 0.468. The van der Waals surface area contributed by atoms with Gasteiger partial charge in [0.05, 0.1) is 5.69 Å². The molecule has 2 aromatic carbocycles. The van der Waals surface area contributed by atoms with E-state index in [9.17, 15) is 0 Å². The first-order valence-electron chi connectivity index (χ1n) is 8.55. The highest BCUT2D eigenvalue weighted by molar-refractivity contribution is 7.99. The number of benzene rings is 2. The van der Waals surface area contributed by atoms with Crippen LogP contribution < -0.4 is 10.6 Å². The standard InChI is InChI=1S/C21H28N2S/c1-5-13-24-21-15-19(22-17(4)14-16(2)3)11-12-20(21)23-18-9-7-6-8-10-18/h5-12,15-17,22-23H,1,13-14H2,2-4H3. The van der Waals surface area contributed by atoms with Crippen LogP contribution in [0.1, 0.15) is 27.2 Å². The van der Waals surface area contributed by atoms with Crippen LogP contribution in [0.25, 0.3) is 0 Å². The third-order valence-corrected chi connectivity index (χ3v) is 4.68. The van der Waals surface area contributed by atoms with Crippen molar-refractivity contribution in [3.05, 3.63) is 61.2 Å². The van der Waals surface area contributed by atoms with Gasteiger partial charge in [-0.25, -0.2) is 0 Å². The zero-order chi connectivity index (χ0) is 17.4. The lowest BCUT2D eigenvalue weighted by molar-refractivity contribution is 0.540. The van der Waals surface area contributed by atoms with E-state index in [1.807, 2.05) is 24.3 Å². The maximum atomic E-state index is 3.84. The van der Waals surface area contributed by atoms with Crippen LogP contribution in [0.4, 0.5) is 17.1 Å². The molecule has 1 unspecified atom stereocenters. The Hall–Kier alpha value is -1.87. The average Bonchev–Trinajstić information content (AvgIpc) is 2.55. The zero-order valence-corrected chi connectivity index (χ0v) is 15.7. The normalized spacial score (nSPS) is 12.0. The van der Waals surface area contributed by atoms with E-state index in [4.69, 9.17) is 0 Å². The summed E-state index contributed by atoms with van der Waals surface area (Å²) in [6.45, 7) is 10.6. The van der Waals surface area contributed by atoms with Crippen LogP contribution in [0.2, 0.25) is 0 Å². The molecule has 2 rings (SSSR count). The summed E-state index contributed by atoms with van der Waals surface area (Å²) in [5.41, 5.74) is 3.41. The van der Waals surface area contributed by atoms with Gasteiger partial charge in [-0.15, -0.1) is 18.3 Å². The van der Waals surface area contributed by atoms with Gasteiger partial charge in [0.1, 0.15) is 0 Å². The van der Waals surface area contributed by atoms with Crippen molar-refractivity contribution >= 4 is 28.8 Å². The van der Waals surface area contributed by atoms with E-state index < -0.39 is 0 Å². The van der Waals surface area contributed by atoms with Crippen LogP contribution in [0.5, 0.6) is 0 Å². The molecule has 0 bridgehead atoms. The molecular formula is C21H28N2S. The zero-order valence-electron chi connectivity index (χ0n) is 14.9. The summed E-state index contributed by atoms with van der Waals surface area (Å²) >= 11 is 1.80. The number of para-hydroxylation sites is 1. The van der Waals surface area contributed by atoms with Gasteiger partial charge in [0, 0.05) is 28.1 Å². The molecule has 3 heteroatoms. The third-order valence-electron chi connectivity index (χ3n) is 3.63. The van der Waals surface area contributed by atoms with E-state index in [0.29, 0.717) is 12.0 Å². The smallest absolute Gasteiger partial charge is 0.0524 e. The quantitative estimate of drug-likeness (QED) is 0.399. The molecule has 2 N–H and O–H groups in total. The van der Waals surface area contributed by atoms with E-state index in [-0.39, 0.29) is 0 Å². The molecular weight excluding hydrogens is 312 g/mol. The summed E-state index contributed by atoms with van der Waals surface area (Å²) in [6.07, 6.45) is 3.11. The molecule has 0 aromatic heterocycles. The fourth-order valence-corrected chi connectivity index (χ4v) is 3.49. The van der Waals surface area contributed by atoms with Crippen molar-refractivity contribution in [3.8, 4) is 0 Å². The second kappa shape index (κ2) is 9.43. The van der Waals surface area contributed by atoms with Gasteiger partial charge in [-0.1, -0.05) is 38.1 Å². The van der Waals surface area contributed by atoms with Gasteiger partial charge >= 0.3 is 0 Å². The number of nitrogens with one attached hydrogen (secondary N) is 2. The number of thioether (sulfide) groups is 1. The molecule has 0 saturated heterocycles. The molecule has 0 heterocycles. The average molecular weight is 341 g/mol. The third kappa shape index (κ3) is 5.97. The fraction of sp³-hybridized carbons (Fsp3) is 0.333. The van der Waals surface area contributed by atoms with Crippen LogP contribution >= 0.6 is 11.8 Å². The van der Waals surface area contributed by atoms with Crippen LogP contribution in [0.3, 0.4) is 0 Å². The first-order chi connectivity index (χ1) is 11.6. The molecule has 0 aliphatic heterocycles. The Bertz CT molecular complexity index is 638. The highest BCUT2D eigenvalue weighted by atomic mass is 32.2. The Morgan fingerprint density at radius 1 is 1.04 bits per heavy atom. The SMILES string of the molecule is C=CCSc1cc(NC(C)CC(C)C)ccc1Nc1ccccc1. The second-order valence-corrected chi connectivity index (χ2v) is 7.54. The van der Waals surface area contributed by atoms with Gasteiger partial charge in [0.2, 0.25) is 0 Å². The highest BCUT2D eigenvalue weighted by Crippen LogP contribution is 2.32. The molecule has 0 radical (unpaired) electrons. The first-order valence-corrected chi connectivity index (χ1v) is 9.53. The summed E-state index contributed by atoms with van der Waals surface area (Å²) < 4.78 is 0. The maximum Gasteiger partial charge on any atom is 0.0524 e. The van der Waals surface area contributed by atoms with Crippen LogP contribution in [-0.4, -0.2) is 11.8 Å². The molecule has 0 saturated carbocycles. The van der Waals surface area contributed by atoms with E-state index in [1.165, 1.54) is 17.0 Å². The Kier molecular flexibility index (Phi) is 7.26. The van der Waals surface area contributed by atoms with Crippen molar-refractivity contribution in [1.82, 2.24) is 0 Å². The van der Waals surface area contributed by atoms with Crippen molar-refractivity contribution < 1.29 is 0 Å². The summed E-state index contributed by atoms with van der Waals surface area (Å²) in [4.78, 5) is 1.24. The second-order valence-electron chi connectivity index (χ2n) is 6.48. The molecule has 0 amide bonds. The number of hydrogen-bond donors (Lipinski definition) is 2. The topological polar surface area (TPSA) is 24.1 Å². The van der Waals surface area contributed by atoms with Gasteiger partial charge < -0.3 is 10.6 Å². The molecule has 0 aliphatic rings. The van der Waals surface area contributed by atoms with Gasteiger partial charge in [-0.3, -0.25) is 0 Å². The first kappa shape index (κ1) is 18.5. The van der Waals surface area contributed by atoms with Gasteiger partial charge in [-0.2, -0.15) is 0 Å². The predicted octanol–water partition coefficient (Wildman–Crippen LogP) is 6.55. The van der Waals surface area contributed by atoms with E-state index >= 15 is 0 Å². The largest absolute Gasteiger partial charge is 0.383 e. The van der Waals surface area contributed by atoms with E-state index in [1.54, 1.807) is 11.8 Å². The number of hydrogen-bond acceptors (Lipinski definition) is 3. The highest BCUT2D eigenvalue weighted by Gasteiger charge is 2.08. The molecule has 1 atom stereocenters. The maximum absolute atomic E-state index is 3.84. The van der Waals surface area contributed by atoms with Crippen LogP contribution in [0.15, 0.2) is 66.1 Å². The minimum Gasteiger partial charge on any atom is -0.383 e. The van der Waals surface area contributed by atoms with Crippen LogP contribution in [-0.2, 0) is 0 Å². The van der Waals surface area contributed by atoms with Crippen molar-refractivity contribution in [3.63, 3.8) is 0 Å². The molecule has 0 spiro atoms. The van der Waals surface area contributed by atoms with Crippen LogP contribution in [0, 0.1) is 5.92 Å². The van der Waals surface area contributed by atoms with Gasteiger partial charge in [0.25, 0.3) is 0 Å². The lowest BCUT2D eigenvalue weighted by Crippen LogP contribution is -2.17. The predicted molar refractivity (Wildman–Crippen MR) is 110 cm³/mol. The summed E-state index contributed by atoms with van der Waals surface area (Å²) in [5.74, 6) is 1.59. The summed E-state index contributed by atoms with van der Waals surface area (Å²) in [7, 11) is 0. The lowest BCUT2D eigenvalue weighted by Gasteiger charge is -2.19. The van der Waals surface area contributed by atoms with Gasteiger partial charge in [-0.05, 0) is 49.6 Å². The molecule has 2 nitrogen and oxygen atoms in total. The van der Waals surface area contributed by atoms with Gasteiger partial charge in [0.15, 0.2) is 0 Å². The minimum absolute atomic E-state index is 0.468. The van der Waals surface area contributed by atoms with Crippen molar-refractivity contribution in [2.24, 2.45) is 5.92 Å². The molecule has 0 aliphatic carbocycles. The monoisotopic (exact) mass is 340 g/mol. The van der Waals surface area contributed by atoms with E-state index in [2.05, 4.69) is 68.3 Å². The number of rotatable bonds is 9. The fourth-order valence-electron chi connectivity index (χ4n) is 2.71. The Morgan fingerprint density at radius 3 is 2.46 bits per heavy atom. The molecule has 24 heavy (non-hydrogen) atoms. The van der Waals surface area contributed by atoms with E-state index in [0.717, 1.165) is 17.1 Å². The molecule has 128 valence electrons. The van der Waals surface area contributed by atoms with Crippen molar-refractivity contribution in [2.45, 2.75) is 38.1 Å². The Morgan fingerprint density at radius 2 is 1.79 bits per heavy atom. The molecule has 0 fully saturated rings. The van der Waals surface area contributed by atoms with Crippen molar-refractivity contribution in [2.75, 3.05) is 16.4 Å². The summed E-state index contributed by atoms with van der Waals surface area (Å²) in [5, 5.41) is 7.13. The summed E-state index contributed by atoms with van der Waals surface area (Å²) in [6, 6.07) is 17.3. The molecule has 2 aromatic rings. The lowest BCUT2D eigenvalue weighted by atomic mass is 10.1. The Labute approximate surface area is 150 Å².